The van der Waals surface area contributed by atoms with Gasteiger partial charge in [0.2, 0.25) is 0 Å². The number of carbonyl (C=O) groups is 1. The number of hydrogen-bond donors (Lipinski definition) is 2. The third-order valence-corrected chi connectivity index (χ3v) is 5.24. The minimum atomic E-state index is -0.599. The molecule has 7 nitrogen and oxygen atoms in total. The molecule has 2 aliphatic heterocycles. The van der Waals surface area contributed by atoms with Gasteiger partial charge in [-0.3, -0.25) is 9.79 Å². The molecule has 8 heteroatoms. The molecule has 0 bridgehead atoms. The number of rotatable bonds is 4. The molecule has 3 fully saturated rings. The highest BCUT2D eigenvalue weighted by atomic mass is 127. The molecule has 1 saturated carbocycles. The molecular formula is C17H31IN4O3. The SMILES string of the molecule is CCNC(=NCC1(O)CCC1)N1CCN(C(=O)C2CCCO2)CC1.I. The Morgan fingerprint density at radius 1 is 1.24 bits per heavy atom. The molecule has 25 heavy (non-hydrogen) atoms. The molecule has 1 unspecified atom stereocenters. The molecule has 0 spiro atoms. The van der Waals surface area contributed by atoms with Gasteiger partial charge in [0.15, 0.2) is 5.96 Å². The van der Waals surface area contributed by atoms with E-state index in [0.717, 1.165) is 57.7 Å². The summed E-state index contributed by atoms with van der Waals surface area (Å²) in [6.45, 7) is 6.95. The van der Waals surface area contributed by atoms with Crippen molar-refractivity contribution in [2.45, 2.75) is 50.7 Å². The third kappa shape index (κ3) is 5.19. The summed E-state index contributed by atoms with van der Waals surface area (Å²) < 4.78 is 5.51. The van der Waals surface area contributed by atoms with Gasteiger partial charge in [0.25, 0.3) is 5.91 Å². The van der Waals surface area contributed by atoms with E-state index in [-0.39, 0.29) is 36.0 Å². The van der Waals surface area contributed by atoms with Crippen LogP contribution in [0.25, 0.3) is 0 Å². The molecule has 144 valence electrons. The van der Waals surface area contributed by atoms with Gasteiger partial charge in [-0.15, -0.1) is 24.0 Å². The normalized spacial score (nSPS) is 26.0. The Kier molecular flexibility index (Phi) is 7.75. The average Bonchev–Trinajstić information content (AvgIpc) is 3.11. The van der Waals surface area contributed by atoms with Crippen molar-refractivity contribution < 1.29 is 14.6 Å². The second kappa shape index (κ2) is 9.36. The zero-order valence-electron chi connectivity index (χ0n) is 15.1. The highest BCUT2D eigenvalue weighted by molar-refractivity contribution is 14.0. The van der Waals surface area contributed by atoms with E-state index in [1.54, 1.807) is 0 Å². The van der Waals surface area contributed by atoms with Gasteiger partial charge in [-0.05, 0) is 39.0 Å². The Balaban J connectivity index is 0.00000225. The second-order valence-electron chi connectivity index (χ2n) is 7.06. The fourth-order valence-electron chi connectivity index (χ4n) is 3.51. The van der Waals surface area contributed by atoms with Crippen molar-refractivity contribution in [2.75, 3.05) is 45.9 Å². The molecule has 0 aromatic rings. The van der Waals surface area contributed by atoms with E-state index in [2.05, 4.69) is 15.2 Å². The fourth-order valence-corrected chi connectivity index (χ4v) is 3.51. The van der Waals surface area contributed by atoms with Crippen LogP contribution in [0.1, 0.15) is 39.0 Å². The van der Waals surface area contributed by atoms with Crippen molar-refractivity contribution >= 4 is 35.8 Å². The molecule has 1 atom stereocenters. The first-order chi connectivity index (χ1) is 11.6. The molecule has 1 aliphatic carbocycles. The van der Waals surface area contributed by atoms with Crippen LogP contribution in [0.3, 0.4) is 0 Å². The van der Waals surface area contributed by atoms with Crippen LogP contribution < -0.4 is 5.32 Å². The number of ether oxygens (including phenoxy) is 1. The summed E-state index contributed by atoms with van der Waals surface area (Å²) in [6.07, 6.45) is 4.38. The largest absolute Gasteiger partial charge is 0.388 e. The molecule has 1 amide bonds. The summed E-state index contributed by atoms with van der Waals surface area (Å²) >= 11 is 0. The highest BCUT2D eigenvalue weighted by Gasteiger charge is 2.35. The van der Waals surface area contributed by atoms with Crippen molar-refractivity contribution in [3.63, 3.8) is 0 Å². The van der Waals surface area contributed by atoms with Gasteiger partial charge >= 0.3 is 0 Å². The molecule has 2 heterocycles. The maximum atomic E-state index is 12.4. The van der Waals surface area contributed by atoms with E-state index in [4.69, 9.17) is 4.74 Å². The van der Waals surface area contributed by atoms with Crippen molar-refractivity contribution in [2.24, 2.45) is 4.99 Å². The Hall–Kier alpha value is -0.610. The summed E-state index contributed by atoms with van der Waals surface area (Å²) in [5, 5.41) is 13.6. The first-order valence-corrected chi connectivity index (χ1v) is 9.27. The summed E-state index contributed by atoms with van der Waals surface area (Å²) in [5.74, 6) is 0.986. The number of aliphatic hydroxyl groups is 1. The molecule has 3 rings (SSSR count). The van der Waals surface area contributed by atoms with Crippen LogP contribution in [0.2, 0.25) is 0 Å². The van der Waals surface area contributed by atoms with Crippen LogP contribution in [-0.2, 0) is 9.53 Å². The predicted molar refractivity (Wildman–Crippen MR) is 107 cm³/mol. The van der Waals surface area contributed by atoms with Gasteiger partial charge in [0, 0.05) is 39.3 Å². The lowest BCUT2D eigenvalue weighted by Crippen LogP contribution is -2.55. The zero-order valence-corrected chi connectivity index (χ0v) is 17.4. The Bertz CT molecular complexity index is 471. The number of hydrogen-bond acceptors (Lipinski definition) is 4. The predicted octanol–water partition coefficient (Wildman–Crippen LogP) is 0.808. The molecule has 3 aliphatic rings. The van der Waals surface area contributed by atoms with Crippen LogP contribution >= 0.6 is 24.0 Å². The van der Waals surface area contributed by atoms with Crippen molar-refractivity contribution in [3.05, 3.63) is 0 Å². The van der Waals surface area contributed by atoms with Crippen LogP contribution in [0, 0.1) is 0 Å². The quantitative estimate of drug-likeness (QED) is 0.365. The number of nitrogens with one attached hydrogen (secondary N) is 1. The van der Waals surface area contributed by atoms with Crippen LogP contribution in [0.4, 0.5) is 0 Å². The highest BCUT2D eigenvalue weighted by Crippen LogP contribution is 2.31. The maximum absolute atomic E-state index is 12.4. The lowest BCUT2D eigenvalue weighted by Gasteiger charge is -2.38. The molecular weight excluding hydrogens is 435 g/mol. The Morgan fingerprint density at radius 3 is 2.44 bits per heavy atom. The second-order valence-corrected chi connectivity index (χ2v) is 7.06. The maximum Gasteiger partial charge on any atom is 0.251 e. The van der Waals surface area contributed by atoms with E-state index in [0.29, 0.717) is 26.2 Å². The summed E-state index contributed by atoms with van der Waals surface area (Å²) in [6, 6.07) is 0. The summed E-state index contributed by atoms with van der Waals surface area (Å²) in [7, 11) is 0. The van der Waals surface area contributed by atoms with E-state index >= 15 is 0 Å². The van der Waals surface area contributed by atoms with Gasteiger partial charge in [0.1, 0.15) is 6.10 Å². The van der Waals surface area contributed by atoms with Gasteiger partial charge in [-0.2, -0.15) is 0 Å². The number of guanidine groups is 1. The average molecular weight is 466 g/mol. The van der Waals surface area contributed by atoms with E-state index in [9.17, 15) is 9.90 Å². The molecule has 2 saturated heterocycles. The van der Waals surface area contributed by atoms with Gasteiger partial charge in [-0.1, -0.05) is 0 Å². The number of nitrogens with zero attached hydrogens (tertiary/aromatic N) is 3. The van der Waals surface area contributed by atoms with Crippen molar-refractivity contribution in [3.8, 4) is 0 Å². The number of amides is 1. The number of carbonyl (C=O) groups excluding carboxylic acids is 1. The smallest absolute Gasteiger partial charge is 0.251 e. The Morgan fingerprint density at radius 2 is 1.92 bits per heavy atom. The number of aliphatic imine (C=N–C) groups is 1. The Labute approximate surface area is 167 Å². The van der Waals surface area contributed by atoms with Crippen LogP contribution in [-0.4, -0.2) is 84.4 Å². The molecule has 0 aromatic heterocycles. The molecule has 2 N–H and O–H groups in total. The fraction of sp³-hybridized carbons (Fsp3) is 0.882. The minimum Gasteiger partial charge on any atom is -0.388 e. The first kappa shape index (κ1) is 20.7. The van der Waals surface area contributed by atoms with Gasteiger partial charge in [-0.25, -0.2) is 0 Å². The minimum absolute atomic E-state index is 0. The van der Waals surface area contributed by atoms with E-state index in [1.807, 2.05) is 11.8 Å². The number of piperazine rings is 1. The van der Waals surface area contributed by atoms with Crippen molar-refractivity contribution in [1.82, 2.24) is 15.1 Å². The lowest BCUT2D eigenvalue weighted by atomic mass is 9.80. The third-order valence-electron chi connectivity index (χ3n) is 5.24. The van der Waals surface area contributed by atoms with Gasteiger partial charge in [0.05, 0.1) is 12.1 Å². The van der Waals surface area contributed by atoms with Gasteiger partial charge < -0.3 is 25.0 Å². The summed E-state index contributed by atoms with van der Waals surface area (Å²) in [4.78, 5) is 21.1. The topological polar surface area (TPSA) is 77.4 Å². The molecule has 0 aromatic carbocycles. The summed E-state index contributed by atoms with van der Waals surface area (Å²) in [5.41, 5.74) is -0.599. The lowest BCUT2D eigenvalue weighted by molar-refractivity contribution is -0.142. The van der Waals surface area contributed by atoms with E-state index in [1.165, 1.54) is 0 Å². The zero-order chi connectivity index (χ0) is 17.0. The number of halogens is 1. The standard InChI is InChI=1S/C17H30N4O3.HI/c1-2-18-16(19-13-17(23)6-4-7-17)21-10-8-20(9-11-21)15(22)14-5-3-12-24-14;/h14,23H,2-13H2,1H3,(H,18,19);1H. The first-order valence-electron chi connectivity index (χ1n) is 9.27. The van der Waals surface area contributed by atoms with Crippen LogP contribution in [0.5, 0.6) is 0 Å². The van der Waals surface area contributed by atoms with Crippen LogP contribution in [0.15, 0.2) is 4.99 Å². The van der Waals surface area contributed by atoms with E-state index < -0.39 is 5.60 Å². The molecule has 0 radical (unpaired) electrons. The van der Waals surface area contributed by atoms with Crippen molar-refractivity contribution in [1.29, 1.82) is 0 Å². The monoisotopic (exact) mass is 466 g/mol.